The Morgan fingerprint density at radius 1 is 1.18 bits per heavy atom. The van der Waals surface area contributed by atoms with Crippen LogP contribution < -0.4 is 5.32 Å². The molecule has 1 aromatic carbocycles. The number of anilines is 1. The van der Waals surface area contributed by atoms with Crippen molar-refractivity contribution in [3.63, 3.8) is 0 Å². The standard InChI is InChI=1S/C20H29N3O4S/c1-8-23(9-2)28(25,26)16-10-13(5)14(6)17(11-16)21-20(24)18-15(7)22-27-19(18)12(3)4/h10-12H,8-9H2,1-7H3,(H,21,24). The molecular formula is C20H29N3O4S. The lowest BCUT2D eigenvalue weighted by molar-refractivity contribution is 0.102. The van der Waals surface area contributed by atoms with E-state index in [4.69, 9.17) is 4.52 Å². The topological polar surface area (TPSA) is 92.5 Å². The number of rotatable bonds is 7. The SMILES string of the molecule is CCN(CC)S(=O)(=O)c1cc(C)c(C)c(NC(=O)c2c(C)noc2C(C)C)c1. The number of nitrogens with zero attached hydrogens (tertiary/aromatic N) is 2. The lowest BCUT2D eigenvalue weighted by Gasteiger charge is -2.20. The van der Waals surface area contributed by atoms with E-state index in [9.17, 15) is 13.2 Å². The van der Waals surface area contributed by atoms with E-state index >= 15 is 0 Å². The van der Waals surface area contributed by atoms with Crippen LogP contribution in [0.5, 0.6) is 0 Å². The number of nitrogens with one attached hydrogen (secondary N) is 1. The molecule has 0 unspecified atom stereocenters. The summed E-state index contributed by atoms with van der Waals surface area (Å²) in [6.07, 6.45) is 0. The number of benzene rings is 1. The van der Waals surface area contributed by atoms with E-state index in [1.807, 2.05) is 27.7 Å². The normalized spacial score (nSPS) is 12.0. The van der Waals surface area contributed by atoms with E-state index in [0.29, 0.717) is 35.8 Å². The zero-order valence-corrected chi connectivity index (χ0v) is 18.4. The molecule has 0 aliphatic carbocycles. The predicted molar refractivity (Wildman–Crippen MR) is 109 cm³/mol. The Morgan fingerprint density at radius 2 is 1.79 bits per heavy atom. The Morgan fingerprint density at radius 3 is 2.32 bits per heavy atom. The molecule has 154 valence electrons. The van der Waals surface area contributed by atoms with Crippen LogP contribution >= 0.6 is 0 Å². The summed E-state index contributed by atoms with van der Waals surface area (Å²) in [4.78, 5) is 13.1. The second-order valence-corrected chi connectivity index (χ2v) is 9.06. The molecule has 0 radical (unpaired) electrons. The molecule has 7 nitrogen and oxygen atoms in total. The summed E-state index contributed by atoms with van der Waals surface area (Å²) >= 11 is 0. The summed E-state index contributed by atoms with van der Waals surface area (Å²) in [6.45, 7) is 13.6. The molecule has 0 atom stereocenters. The van der Waals surface area contributed by atoms with Gasteiger partial charge < -0.3 is 9.84 Å². The van der Waals surface area contributed by atoms with Crippen LogP contribution in [0, 0.1) is 20.8 Å². The number of carbonyl (C=O) groups excluding carboxylic acids is 1. The first-order valence-electron chi connectivity index (χ1n) is 9.43. The van der Waals surface area contributed by atoms with Crippen molar-refractivity contribution in [1.82, 2.24) is 9.46 Å². The van der Waals surface area contributed by atoms with Crippen LogP contribution in [0.1, 0.15) is 66.6 Å². The summed E-state index contributed by atoms with van der Waals surface area (Å²) in [7, 11) is -3.63. The number of aryl methyl sites for hydroxylation is 2. The van der Waals surface area contributed by atoms with Gasteiger partial charge in [0.05, 0.1) is 10.6 Å². The van der Waals surface area contributed by atoms with Gasteiger partial charge in [-0.05, 0) is 44.0 Å². The zero-order chi connectivity index (χ0) is 21.2. The molecular weight excluding hydrogens is 378 g/mol. The van der Waals surface area contributed by atoms with Crippen molar-refractivity contribution in [2.24, 2.45) is 0 Å². The van der Waals surface area contributed by atoms with E-state index in [2.05, 4.69) is 10.5 Å². The third kappa shape index (κ3) is 4.12. The fourth-order valence-electron chi connectivity index (χ4n) is 3.06. The number of carbonyl (C=O) groups is 1. The minimum absolute atomic E-state index is 0.000776. The fraction of sp³-hybridized carbons (Fsp3) is 0.500. The fourth-order valence-corrected chi connectivity index (χ4v) is 4.63. The monoisotopic (exact) mass is 407 g/mol. The lowest BCUT2D eigenvalue weighted by atomic mass is 10.0. The first kappa shape index (κ1) is 22.1. The van der Waals surface area contributed by atoms with Crippen molar-refractivity contribution >= 4 is 21.6 Å². The third-order valence-electron chi connectivity index (χ3n) is 4.87. The first-order chi connectivity index (χ1) is 13.0. The van der Waals surface area contributed by atoms with E-state index in [1.165, 1.54) is 10.4 Å². The van der Waals surface area contributed by atoms with Crippen LogP contribution in [0.2, 0.25) is 0 Å². The molecule has 2 aromatic rings. The van der Waals surface area contributed by atoms with Gasteiger partial charge in [-0.15, -0.1) is 0 Å². The Labute approximate surface area is 167 Å². The predicted octanol–water partition coefficient (Wildman–Crippen LogP) is 4.01. The molecule has 0 bridgehead atoms. The van der Waals surface area contributed by atoms with Gasteiger partial charge in [0.15, 0.2) is 5.76 Å². The maximum absolute atomic E-state index is 12.9. The molecule has 0 saturated heterocycles. The Bertz CT molecular complexity index is 974. The average molecular weight is 408 g/mol. The van der Waals surface area contributed by atoms with Crippen LogP contribution in [0.25, 0.3) is 0 Å². The van der Waals surface area contributed by atoms with E-state index in [-0.39, 0.29) is 16.7 Å². The van der Waals surface area contributed by atoms with Crippen LogP contribution in [0.3, 0.4) is 0 Å². The highest BCUT2D eigenvalue weighted by molar-refractivity contribution is 7.89. The van der Waals surface area contributed by atoms with Gasteiger partial charge in [-0.1, -0.05) is 32.9 Å². The minimum Gasteiger partial charge on any atom is -0.360 e. The highest BCUT2D eigenvalue weighted by atomic mass is 32.2. The molecule has 0 aliphatic heterocycles. The highest BCUT2D eigenvalue weighted by Gasteiger charge is 2.26. The van der Waals surface area contributed by atoms with Crippen LogP contribution in [0.4, 0.5) is 5.69 Å². The van der Waals surface area contributed by atoms with Gasteiger partial charge in [0.1, 0.15) is 5.56 Å². The molecule has 1 aromatic heterocycles. The largest absolute Gasteiger partial charge is 0.360 e. The Kier molecular flexibility index (Phi) is 6.67. The molecule has 1 heterocycles. The summed E-state index contributed by atoms with van der Waals surface area (Å²) in [5.74, 6) is 0.151. The van der Waals surface area contributed by atoms with Crippen molar-refractivity contribution in [3.8, 4) is 0 Å². The van der Waals surface area contributed by atoms with Gasteiger partial charge in [-0.25, -0.2) is 8.42 Å². The van der Waals surface area contributed by atoms with Gasteiger partial charge in [0.25, 0.3) is 5.91 Å². The Hall–Kier alpha value is -2.19. The molecule has 0 saturated carbocycles. The minimum atomic E-state index is -3.63. The molecule has 8 heteroatoms. The average Bonchev–Trinajstić information content (AvgIpc) is 3.01. The maximum atomic E-state index is 12.9. The van der Waals surface area contributed by atoms with Gasteiger partial charge in [-0.2, -0.15) is 4.31 Å². The molecule has 0 aliphatic rings. The van der Waals surface area contributed by atoms with Crippen LogP contribution in [-0.4, -0.2) is 36.9 Å². The van der Waals surface area contributed by atoms with Gasteiger partial charge in [0, 0.05) is 24.7 Å². The summed E-state index contributed by atoms with van der Waals surface area (Å²) in [5.41, 5.74) is 2.96. The Balaban J connectivity index is 2.49. The van der Waals surface area contributed by atoms with E-state index in [1.54, 1.807) is 26.8 Å². The molecule has 1 N–H and O–H groups in total. The van der Waals surface area contributed by atoms with Crippen molar-refractivity contribution in [3.05, 3.63) is 40.3 Å². The zero-order valence-electron chi connectivity index (χ0n) is 17.6. The number of hydrogen-bond donors (Lipinski definition) is 1. The number of amides is 1. The van der Waals surface area contributed by atoms with Crippen molar-refractivity contribution in [2.75, 3.05) is 18.4 Å². The number of hydrogen-bond acceptors (Lipinski definition) is 5. The molecule has 0 spiro atoms. The van der Waals surface area contributed by atoms with Gasteiger partial charge in [0.2, 0.25) is 10.0 Å². The number of sulfonamides is 1. The first-order valence-corrected chi connectivity index (χ1v) is 10.9. The van der Waals surface area contributed by atoms with Gasteiger partial charge in [-0.3, -0.25) is 4.79 Å². The molecule has 28 heavy (non-hydrogen) atoms. The second-order valence-electron chi connectivity index (χ2n) is 7.12. The van der Waals surface area contributed by atoms with E-state index in [0.717, 1.165) is 11.1 Å². The lowest BCUT2D eigenvalue weighted by Crippen LogP contribution is -2.30. The summed E-state index contributed by atoms with van der Waals surface area (Å²) in [5, 5.41) is 6.76. The second kappa shape index (κ2) is 8.45. The smallest absolute Gasteiger partial charge is 0.261 e. The van der Waals surface area contributed by atoms with E-state index < -0.39 is 10.0 Å². The third-order valence-corrected chi connectivity index (χ3v) is 6.90. The molecule has 0 fully saturated rings. The molecule has 1 amide bonds. The summed E-state index contributed by atoms with van der Waals surface area (Å²) in [6, 6.07) is 3.16. The maximum Gasteiger partial charge on any atom is 0.261 e. The van der Waals surface area contributed by atoms with Crippen molar-refractivity contribution < 1.29 is 17.7 Å². The van der Waals surface area contributed by atoms with Crippen LogP contribution in [-0.2, 0) is 10.0 Å². The summed E-state index contributed by atoms with van der Waals surface area (Å²) < 4.78 is 32.5. The van der Waals surface area contributed by atoms with Crippen LogP contribution in [0.15, 0.2) is 21.6 Å². The molecule has 2 rings (SSSR count). The number of aromatic nitrogens is 1. The van der Waals surface area contributed by atoms with Gasteiger partial charge >= 0.3 is 0 Å². The quantitative estimate of drug-likeness (QED) is 0.749. The highest BCUT2D eigenvalue weighted by Crippen LogP contribution is 2.28. The van der Waals surface area contributed by atoms with Crippen molar-refractivity contribution in [2.45, 2.75) is 59.3 Å². The van der Waals surface area contributed by atoms with Crippen molar-refractivity contribution in [1.29, 1.82) is 0 Å².